The molecule has 1 heterocycles. The van der Waals surface area contributed by atoms with Crippen LogP contribution in [0.2, 0.25) is 0 Å². The van der Waals surface area contributed by atoms with E-state index in [-0.39, 0.29) is 0 Å². The van der Waals surface area contributed by atoms with Crippen LogP contribution in [0.15, 0.2) is 0 Å². The molecule has 0 aromatic heterocycles. The van der Waals surface area contributed by atoms with Gasteiger partial charge >= 0.3 is 0 Å². The highest BCUT2D eigenvalue weighted by molar-refractivity contribution is 7.98. The number of thioether (sulfide) groups is 1. The topological polar surface area (TPSA) is 38.5 Å². The van der Waals surface area contributed by atoms with Crippen molar-refractivity contribution in [2.75, 3.05) is 32.2 Å². The molecule has 0 aromatic carbocycles. The Kier molecular flexibility index (Phi) is 6.73. The van der Waals surface area contributed by atoms with Gasteiger partial charge in [0.05, 0.1) is 6.10 Å². The third kappa shape index (κ3) is 3.62. The quantitative estimate of drug-likeness (QED) is 0.740. The lowest BCUT2D eigenvalue weighted by molar-refractivity contribution is 0.0241. The molecule has 1 saturated heterocycles. The number of rotatable bonds is 7. The number of likely N-dealkylation sites (N-methyl/N-ethyl adjacent to an activating group) is 1. The summed E-state index contributed by atoms with van der Waals surface area (Å²) in [6.07, 6.45) is 6.06. The minimum absolute atomic E-state index is 0.353. The first-order valence-electron chi connectivity index (χ1n) is 6.27. The summed E-state index contributed by atoms with van der Waals surface area (Å²) in [5.74, 6) is 1.18. The highest BCUT2D eigenvalue weighted by atomic mass is 32.2. The van der Waals surface area contributed by atoms with E-state index in [2.05, 4.69) is 25.1 Å². The van der Waals surface area contributed by atoms with Gasteiger partial charge in [0.1, 0.15) is 0 Å². The predicted octanol–water partition coefficient (Wildman–Crippen LogP) is 1.57. The molecule has 3 nitrogen and oxygen atoms in total. The van der Waals surface area contributed by atoms with Crippen molar-refractivity contribution in [3.8, 4) is 0 Å². The third-order valence-corrected chi connectivity index (χ3v) is 4.28. The van der Waals surface area contributed by atoms with Crippen LogP contribution in [0.4, 0.5) is 0 Å². The molecule has 2 N–H and O–H groups in total. The van der Waals surface area contributed by atoms with Crippen molar-refractivity contribution in [3.63, 3.8) is 0 Å². The molecule has 0 spiro atoms. The molecule has 0 saturated carbocycles. The van der Waals surface area contributed by atoms with Gasteiger partial charge < -0.3 is 10.5 Å². The van der Waals surface area contributed by atoms with Gasteiger partial charge in [-0.1, -0.05) is 6.92 Å². The number of nitrogens with zero attached hydrogens (tertiary/aromatic N) is 1. The Bertz CT molecular complexity index is 186. The van der Waals surface area contributed by atoms with E-state index in [0.717, 1.165) is 6.61 Å². The van der Waals surface area contributed by atoms with E-state index in [4.69, 9.17) is 10.5 Å². The maximum Gasteiger partial charge on any atom is 0.0743 e. The summed E-state index contributed by atoms with van der Waals surface area (Å²) in [6, 6.07) is 1.01. The van der Waals surface area contributed by atoms with Gasteiger partial charge in [-0.3, -0.25) is 4.90 Å². The van der Waals surface area contributed by atoms with E-state index in [9.17, 15) is 0 Å². The molecular weight excluding hydrogens is 220 g/mol. The largest absolute Gasteiger partial charge is 0.377 e. The number of hydrogen-bond acceptors (Lipinski definition) is 4. The van der Waals surface area contributed by atoms with Gasteiger partial charge in [0.2, 0.25) is 0 Å². The summed E-state index contributed by atoms with van der Waals surface area (Å²) in [6.45, 7) is 3.86. The monoisotopic (exact) mass is 246 g/mol. The van der Waals surface area contributed by atoms with Crippen LogP contribution in [-0.4, -0.2) is 55.3 Å². The van der Waals surface area contributed by atoms with Crippen molar-refractivity contribution in [1.29, 1.82) is 0 Å². The summed E-state index contributed by atoms with van der Waals surface area (Å²) in [7, 11) is 2.20. The molecule has 1 rings (SSSR count). The molecule has 96 valence electrons. The van der Waals surface area contributed by atoms with Gasteiger partial charge in [-0.2, -0.15) is 11.8 Å². The molecule has 1 fully saturated rings. The van der Waals surface area contributed by atoms with Gasteiger partial charge in [-0.15, -0.1) is 0 Å². The lowest BCUT2D eigenvalue weighted by atomic mass is 10.0. The van der Waals surface area contributed by atoms with Crippen LogP contribution in [0.25, 0.3) is 0 Å². The van der Waals surface area contributed by atoms with Crippen molar-refractivity contribution in [2.24, 2.45) is 5.73 Å². The zero-order valence-electron chi connectivity index (χ0n) is 10.8. The fourth-order valence-corrected chi connectivity index (χ4v) is 3.33. The minimum atomic E-state index is 0.353. The fraction of sp³-hybridized carbons (Fsp3) is 1.00. The number of hydrogen-bond donors (Lipinski definition) is 1. The Hall–Kier alpha value is 0.230. The SMILES string of the molecule is CCC(CSC)N(C)C(CN)C1CCCO1. The fourth-order valence-electron chi connectivity index (χ4n) is 2.47. The summed E-state index contributed by atoms with van der Waals surface area (Å²) >= 11 is 1.91. The Morgan fingerprint density at radius 1 is 1.56 bits per heavy atom. The first kappa shape index (κ1) is 14.3. The van der Waals surface area contributed by atoms with Crippen LogP contribution in [-0.2, 0) is 4.74 Å². The van der Waals surface area contributed by atoms with E-state index in [1.807, 2.05) is 11.8 Å². The normalized spacial score (nSPS) is 24.9. The molecule has 0 bridgehead atoms. The Morgan fingerprint density at radius 3 is 2.75 bits per heavy atom. The summed E-state index contributed by atoms with van der Waals surface area (Å²) in [5, 5.41) is 0. The Balaban J connectivity index is 2.55. The maximum absolute atomic E-state index is 5.91. The molecule has 3 atom stereocenters. The molecule has 4 heteroatoms. The molecule has 1 aliphatic heterocycles. The van der Waals surface area contributed by atoms with Crippen LogP contribution in [0, 0.1) is 0 Å². The highest BCUT2D eigenvalue weighted by Gasteiger charge is 2.30. The lowest BCUT2D eigenvalue weighted by Crippen LogP contribution is -2.51. The average Bonchev–Trinajstić information content (AvgIpc) is 2.80. The molecule has 0 amide bonds. The van der Waals surface area contributed by atoms with Gasteiger partial charge in [-0.25, -0.2) is 0 Å². The standard InChI is InChI=1S/C12H26N2OS/c1-4-10(9-16-3)14(2)11(8-13)12-6-5-7-15-12/h10-12H,4-9,13H2,1-3H3. The number of ether oxygens (including phenoxy) is 1. The van der Waals surface area contributed by atoms with Crippen molar-refractivity contribution in [1.82, 2.24) is 4.90 Å². The lowest BCUT2D eigenvalue weighted by Gasteiger charge is -2.36. The van der Waals surface area contributed by atoms with Crippen molar-refractivity contribution in [3.05, 3.63) is 0 Å². The van der Waals surface area contributed by atoms with Crippen molar-refractivity contribution >= 4 is 11.8 Å². The molecule has 0 radical (unpaired) electrons. The van der Waals surface area contributed by atoms with Crippen LogP contribution >= 0.6 is 11.8 Å². The van der Waals surface area contributed by atoms with Crippen LogP contribution < -0.4 is 5.73 Å². The summed E-state index contributed by atoms with van der Waals surface area (Å²) in [5.41, 5.74) is 5.91. The Labute approximate surface area is 104 Å². The van der Waals surface area contributed by atoms with E-state index in [1.54, 1.807) is 0 Å². The molecule has 0 aliphatic carbocycles. The first-order chi connectivity index (χ1) is 7.74. The van der Waals surface area contributed by atoms with Gasteiger partial charge in [0.15, 0.2) is 0 Å². The summed E-state index contributed by atoms with van der Waals surface area (Å²) in [4.78, 5) is 2.44. The zero-order chi connectivity index (χ0) is 12.0. The third-order valence-electron chi connectivity index (χ3n) is 3.56. The number of nitrogens with two attached hydrogens (primary N) is 1. The highest BCUT2D eigenvalue weighted by Crippen LogP contribution is 2.21. The van der Waals surface area contributed by atoms with Gasteiger partial charge in [-0.05, 0) is 32.6 Å². The zero-order valence-corrected chi connectivity index (χ0v) is 11.6. The smallest absolute Gasteiger partial charge is 0.0743 e. The van der Waals surface area contributed by atoms with E-state index in [1.165, 1.54) is 25.0 Å². The van der Waals surface area contributed by atoms with Crippen LogP contribution in [0.1, 0.15) is 26.2 Å². The van der Waals surface area contributed by atoms with Crippen molar-refractivity contribution in [2.45, 2.75) is 44.4 Å². The molecule has 16 heavy (non-hydrogen) atoms. The second-order valence-electron chi connectivity index (χ2n) is 4.54. The van der Waals surface area contributed by atoms with E-state index in [0.29, 0.717) is 24.7 Å². The minimum Gasteiger partial charge on any atom is -0.377 e. The van der Waals surface area contributed by atoms with E-state index < -0.39 is 0 Å². The van der Waals surface area contributed by atoms with Crippen LogP contribution in [0.5, 0.6) is 0 Å². The molecule has 0 aromatic rings. The maximum atomic E-state index is 5.91. The average molecular weight is 246 g/mol. The van der Waals surface area contributed by atoms with Crippen molar-refractivity contribution < 1.29 is 4.74 Å². The molecule has 3 unspecified atom stereocenters. The van der Waals surface area contributed by atoms with Crippen LogP contribution in [0.3, 0.4) is 0 Å². The second kappa shape index (κ2) is 7.54. The molecule has 1 aliphatic rings. The Morgan fingerprint density at radius 2 is 2.31 bits per heavy atom. The summed E-state index contributed by atoms with van der Waals surface area (Å²) < 4.78 is 5.77. The van der Waals surface area contributed by atoms with E-state index >= 15 is 0 Å². The second-order valence-corrected chi connectivity index (χ2v) is 5.45. The first-order valence-corrected chi connectivity index (χ1v) is 7.66. The van der Waals surface area contributed by atoms with Gasteiger partial charge in [0, 0.05) is 31.0 Å². The predicted molar refractivity (Wildman–Crippen MR) is 72.0 cm³/mol. The molecular formula is C12H26N2OS. The van der Waals surface area contributed by atoms with Gasteiger partial charge in [0.25, 0.3) is 0 Å².